The standard InChI is InChI=1S/C24H31N5O5S/c25-16(13-35)22(31)29-10-4-8-20(29)23(32)28-9-3-7-19(28)21(30)27-18(24(33)34)11-14-12-26-17-6-2-1-5-15(14)17/h1-2,5-6,12,16,18-20,26,35H,3-4,7-11,13,25H2,(H,27,30)(H,33,34). The van der Waals surface area contributed by atoms with E-state index in [2.05, 4.69) is 22.9 Å². The van der Waals surface area contributed by atoms with Crippen LogP contribution in [-0.2, 0) is 25.6 Å². The number of fused-ring (bicyclic) bond motifs is 1. The van der Waals surface area contributed by atoms with Crippen molar-refractivity contribution < 1.29 is 24.3 Å². The normalized spacial score (nSPS) is 21.8. The molecule has 2 fully saturated rings. The van der Waals surface area contributed by atoms with Crippen molar-refractivity contribution in [2.45, 2.75) is 56.3 Å². The summed E-state index contributed by atoms with van der Waals surface area (Å²) in [7, 11) is 0. The van der Waals surface area contributed by atoms with Crippen LogP contribution in [0.15, 0.2) is 30.5 Å². The van der Waals surface area contributed by atoms with Crippen LogP contribution in [0, 0.1) is 0 Å². The minimum absolute atomic E-state index is 0.109. The molecule has 4 atom stereocenters. The van der Waals surface area contributed by atoms with Gasteiger partial charge in [0.2, 0.25) is 17.7 Å². The molecule has 2 aliphatic rings. The number of benzene rings is 1. The number of H-pyrrole nitrogens is 1. The van der Waals surface area contributed by atoms with E-state index in [1.54, 1.807) is 6.20 Å². The van der Waals surface area contributed by atoms with Gasteiger partial charge in [-0.05, 0) is 37.3 Å². The summed E-state index contributed by atoms with van der Waals surface area (Å²) in [6.07, 6.45) is 4.11. The topological polar surface area (TPSA) is 149 Å². The lowest BCUT2D eigenvalue weighted by Gasteiger charge is -2.32. The number of aromatic amines is 1. The Labute approximate surface area is 208 Å². The van der Waals surface area contributed by atoms with Gasteiger partial charge in [-0.25, -0.2) is 4.79 Å². The second-order valence-corrected chi connectivity index (χ2v) is 9.50. The Morgan fingerprint density at radius 3 is 2.51 bits per heavy atom. The van der Waals surface area contributed by atoms with Crippen molar-refractivity contribution in [2.24, 2.45) is 5.73 Å². The zero-order valence-electron chi connectivity index (χ0n) is 19.4. The molecule has 188 valence electrons. The molecule has 0 saturated carbocycles. The predicted molar refractivity (Wildman–Crippen MR) is 133 cm³/mol. The average Bonchev–Trinajstić information content (AvgIpc) is 3.62. The zero-order chi connectivity index (χ0) is 25.1. The van der Waals surface area contributed by atoms with E-state index in [1.807, 2.05) is 24.3 Å². The SMILES string of the molecule is NC(CS)C(=O)N1CCCC1C(=O)N1CCCC1C(=O)NC(Cc1c[nH]c2ccccc12)C(=O)O. The number of nitrogens with one attached hydrogen (secondary N) is 2. The van der Waals surface area contributed by atoms with Crippen LogP contribution in [0.5, 0.6) is 0 Å². The summed E-state index contributed by atoms with van der Waals surface area (Å²) in [5, 5.41) is 13.3. The minimum atomic E-state index is -1.15. The number of carbonyl (C=O) groups excluding carboxylic acids is 3. The highest BCUT2D eigenvalue weighted by Crippen LogP contribution is 2.26. The van der Waals surface area contributed by atoms with Crippen molar-refractivity contribution in [3.63, 3.8) is 0 Å². The first kappa shape index (κ1) is 25.1. The summed E-state index contributed by atoms with van der Waals surface area (Å²) in [6, 6.07) is 4.18. The number of nitrogens with two attached hydrogens (primary N) is 1. The first-order valence-corrected chi connectivity index (χ1v) is 12.5. The summed E-state index contributed by atoms with van der Waals surface area (Å²) in [5.74, 6) is -2.07. The third-order valence-electron chi connectivity index (χ3n) is 6.89. The predicted octanol–water partition coefficient (Wildman–Crippen LogP) is 0.519. The molecule has 11 heteroatoms. The molecule has 1 aromatic heterocycles. The summed E-state index contributed by atoms with van der Waals surface area (Å²) in [5.41, 5.74) is 7.52. The number of para-hydroxylation sites is 1. The number of thiol groups is 1. The molecular weight excluding hydrogens is 470 g/mol. The van der Waals surface area contributed by atoms with E-state index >= 15 is 0 Å². The summed E-state index contributed by atoms with van der Waals surface area (Å²) < 4.78 is 0. The number of nitrogens with zero attached hydrogens (tertiary/aromatic N) is 2. The van der Waals surface area contributed by atoms with Gasteiger partial charge in [-0.1, -0.05) is 18.2 Å². The molecule has 2 aromatic rings. The maximum absolute atomic E-state index is 13.4. The third kappa shape index (κ3) is 5.15. The molecule has 0 bridgehead atoms. The second-order valence-electron chi connectivity index (χ2n) is 9.13. The molecule has 0 aliphatic carbocycles. The lowest BCUT2D eigenvalue weighted by Crippen LogP contribution is -2.56. The zero-order valence-corrected chi connectivity index (χ0v) is 20.2. The van der Waals surface area contributed by atoms with Gasteiger partial charge >= 0.3 is 5.97 Å². The van der Waals surface area contributed by atoms with Crippen molar-refractivity contribution in [3.05, 3.63) is 36.0 Å². The van der Waals surface area contributed by atoms with Crippen LogP contribution in [0.3, 0.4) is 0 Å². The second kappa shape index (κ2) is 10.7. The van der Waals surface area contributed by atoms with Crippen molar-refractivity contribution in [1.29, 1.82) is 0 Å². The van der Waals surface area contributed by atoms with Gasteiger partial charge in [0, 0.05) is 42.4 Å². The molecule has 2 aliphatic heterocycles. The van der Waals surface area contributed by atoms with Crippen LogP contribution < -0.4 is 11.1 Å². The van der Waals surface area contributed by atoms with Crippen LogP contribution in [0.2, 0.25) is 0 Å². The van der Waals surface area contributed by atoms with Crippen LogP contribution in [0.1, 0.15) is 31.2 Å². The quantitative estimate of drug-likeness (QED) is 0.333. The highest BCUT2D eigenvalue weighted by molar-refractivity contribution is 7.80. The van der Waals surface area contributed by atoms with Gasteiger partial charge in [0.25, 0.3) is 0 Å². The van der Waals surface area contributed by atoms with Crippen molar-refractivity contribution in [3.8, 4) is 0 Å². The number of carboxylic acids is 1. The summed E-state index contributed by atoms with van der Waals surface area (Å²) >= 11 is 4.09. The molecule has 10 nitrogen and oxygen atoms in total. The Morgan fingerprint density at radius 2 is 1.80 bits per heavy atom. The van der Waals surface area contributed by atoms with Crippen LogP contribution in [0.4, 0.5) is 0 Å². The summed E-state index contributed by atoms with van der Waals surface area (Å²) in [6.45, 7) is 0.821. The molecule has 2 saturated heterocycles. The average molecular weight is 502 g/mol. The molecular formula is C24H31N5O5S. The van der Waals surface area contributed by atoms with Gasteiger partial charge in [0.15, 0.2) is 0 Å². The number of aromatic nitrogens is 1. The largest absolute Gasteiger partial charge is 0.480 e. The lowest BCUT2D eigenvalue weighted by atomic mass is 10.0. The number of carbonyl (C=O) groups is 4. The fraction of sp³-hybridized carbons (Fsp3) is 0.500. The first-order chi connectivity index (χ1) is 16.8. The molecule has 5 N–H and O–H groups in total. The Morgan fingerprint density at radius 1 is 1.11 bits per heavy atom. The molecule has 3 heterocycles. The van der Waals surface area contributed by atoms with Gasteiger partial charge in [0.1, 0.15) is 18.1 Å². The van der Waals surface area contributed by atoms with Crippen LogP contribution in [-0.4, -0.2) is 86.6 Å². The number of hydrogen-bond donors (Lipinski definition) is 5. The third-order valence-corrected chi connectivity index (χ3v) is 7.28. The Balaban J connectivity index is 1.45. The maximum Gasteiger partial charge on any atom is 0.326 e. The van der Waals surface area contributed by atoms with E-state index in [0.29, 0.717) is 38.8 Å². The number of aliphatic carboxylic acids is 1. The van der Waals surface area contributed by atoms with Gasteiger partial charge in [-0.15, -0.1) is 0 Å². The number of carboxylic acid groups (broad SMARTS) is 1. The van der Waals surface area contributed by atoms with Gasteiger partial charge < -0.3 is 30.9 Å². The molecule has 3 amide bonds. The molecule has 4 unspecified atom stereocenters. The molecule has 0 spiro atoms. The van der Waals surface area contributed by atoms with Crippen molar-refractivity contribution in [1.82, 2.24) is 20.1 Å². The van der Waals surface area contributed by atoms with Gasteiger partial charge in [0.05, 0.1) is 6.04 Å². The first-order valence-electron chi connectivity index (χ1n) is 11.9. The summed E-state index contributed by atoms with van der Waals surface area (Å²) in [4.78, 5) is 57.2. The van der Waals surface area contributed by atoms with E-state index in [0.717, 1.165) is 16.5 Å². The Bertz CT molecular complexity index is 1120. The smallest absolute Gasteiger partial charge is 0.326 e. The Kier molecular flexibility index (Phi) is 7.66. The Hall–Kier alpha value is -3.05. The molecule has 1 aromatic carbocycles. The maximum atomic E-state index is 13.4. The van der Waals surface area contributed by atoms with E-state index in [1.165, 1.54) is 9.80 Å². The van der Waals surface area contributed by atoms with Crippen LogP contribution >= 0.6 is 12.6 Å². The molecule has 4 rings (SSSR count). The van der Waals surface area contributed by atoms with Crippen molar-refractivity contribution >= 4 is 47.2 Å². The van der Waals surface area contributed by atoms with E-state index < -0.39 is 36.0 Å². The van der Waals surface area contributed by atoms with Gasteiger partial charge in [-0.2, -0.15) is 12.6 Å². The fourth-order valence-corrected chi connectivity index (χ4v) is 5.22. The van der Waals surface area contributed by atoms with E-state index in [9.17, 15) is 24.3 Å². The number of hydrogen-bond acceptors (Lipinski definition) is 6. The fourth-order valence-electron chi connectivity index (χ4n) is 5.06. The van der Waals surface area contributed by atoms with Gasteiger partial charge in [-0.3, -0.25) is 14.4 Å². The van der Waals surface area contributed by atoms with Crippen LogP contribution in [0.25, 0.3) is 10.9 Å². The molecule has 0 radical (unpaired) electrons. The number of likely N-dealkylation sites (tertiary alicyclic amines) is 2. The molecule has 35 heavy (non-hydrogen) atoms. The van der Waals surface area contributed by atoms with Crippen molar-refractivity contribution in [2.75, 3.05) is 18.8 Å². The highest BCUT2D eigenvalue weighted by atomic mass is 32.1. The van der Waals surface area contributed by atoms with E-state index in [4.69, 9.17) is 5.73 Å². The highest BCUT2D eigenvalue weighted by Gasteiger charge is 2.43. The monoisotopic (exact) mass is 501 g/mol. The minimum Gasteiger partial charge on any atom is -0.480 e. The van der Waals surface area contributed by atoms with E-state index in [-0.39, 0.29) is 24.0 Å². The number of rotatable bonds is 8. The number of amides is 3. The lowest BCUT2D eigenvalue weighted by molar-refractivity contribution is -0.148.